The first-order chi connectivity index (χ1) is 15.1. The molecule has 3 heterocycles. The van der Waals surface area contributed by atoms with E-state index in [1.165, 1.54) is 0 Å². The minimum absolute atomic E-state index is 0.0599. The van der Waals surface area contributed by atoms with Gasteiger partial charge in [-0.25, -0.2) is 4.79 Å². The Hall–Kier alpha value is -3.16. The predicted molar refractivity (Wildman–Crippen MR) is 110 cm³/mol. The average molecular weight is 419 g/mol. The molecule has 158 valence electrons. The lowest BCUT2D eigenvalue weighted by atomic mass is 9.82. The minimum Gasteiger partial charge on any atom is -0.454 e. The van der Waals surface area contributed by atoms with Gasteiger partial charge in [0.1, 0.15) is 6.10 Å². The van der Waals surface area contributed by atoms with Crippen LogP contribution in [0.2, 0.25) is 0 Å². The fourth-order valence-corrected chi connectivity index (χ4v) is 5.46. The minimum atomic E-state index is -1.28. The maximum Gasteiger partial charge on any atom is 0.343 e. The molecule has 2 aromatic carbocycles. The fraction of sp³-hybridized carbons (Fsp3) is 0.333. The third kappa shape index (κ3) is 2.53. The van der Waals surface area contributed by atoms with Crippen molar-refractivity contribution in [1.82, 2.24) is 4.90 Å². The van der Waals surface area contributed by atoms with Crippen LogP contribution in [0.25, 0.3) is 5.57 Å². The van der Waals surface area contributed by atoms with Crippen LogP contribution < -0.4 is 9.47 Å². The van der Waals surface area contributed by atoms with Crippen LogP contribution in [-0.4, -0.2) is 53.3 Å². The summed E-state index contributed by atoms with van der Waals surface area (Å²) in [5.41, 5.74) is 1.83. The standard InChI is InChI=1S/C24H21NO6/c26-20-21(31-23(28)14-5-2-1-3-6-14)19-16-12-18-17(29-13-30-18)11-15(16)7-10-25-9-4-8-24(19,25)22(20)27/h1-3,5-6,11-12,22,27H,4,7-10,13H2/t22-,24-/m1/s1. The number of esters is 1. The first-order valence-electron chi connectivity index (χ1n) is 10.5. The molecule has 0 amide bonds. The maximum atomic E-state index is 13.3. The van der Waals surface area contributed by atoms with Crippen LogP contribution in [0.1, 0.15) is 34.3 Å². The molecule has 1 fully saturated rings. The lowest BCUT2D eigenvalue weighted by Gasteiger charge is -2.37. The second kappa shape index (κ2) is 6.67. The summed E-state index contributed by atoms with van der Waals surface area (Å²) in [5, 5.41) is 11.2. The molecule has 3 aliphatic heterocycles. The van der Waals surface area contributed by atoms with Gasteiger partial charge in [-0.15, -0.1) is 0 Å². The smallest absolute Gasteiger partial charge is 0.343 e. The molecule has 0 bridgehead atoms. The molecule has 7 heteroatoms. The monoisotopic (exact) mass is 419 g/mol. The van der Waals surface area contributed by atoms with Gasteiger partial charge in [-0.05, 0) is 61.2 Å². The molecule has 2 atom stereocenters. The zero-order valence-electron chi connectivity index (χ0n) is 16.8. The van der Waals surface area contributed by atoms with Crippen molar-refractivity contribution in [3.8, 4) is 11.5 Å². The van der Waals surface area contributed by atoms with E-state index < -0.39 is 23.4 Å². The van der Waals surface area contributed by atoms with Gasteiger partial charge in [-0.1, -0.05) is 18.2 Å². The number of rotatable bonds is 2. The summed E-state index contributed by atoms with van der Waals surface area (Å²) in [6, 6.07) is 12.4. The lowest BCUT2D eigenvalue weighted by molar-refractivity contribution is -0.128. The molecule has 7 nitrogen and oxygen atoms in total. The Balaban J connectivity index is 1.56. The highest BCUT2D eigenvalue weighted by Gasteiger charge is 2.61. The third-order valence-corrected chi connectivity index (χ3v) is 6.86. The van der Waals surface area contributed by atoms with Gasteiger partial charge in [0.25, 0.3) is 0 Å². The number of hydrogen-bond donors (Lipinski definition) is 1. The average Bonchev–Trinajstić information content (AvgIpc) is 3.45. The van der Waals surface area contributed by atoms with Crippen molar-refractivity contribution in [3.63, 3.8) is 0 Å². The van der Waals surface area contributed by atoms with Gasteiger partial charge in [0, 0.05) is 12.1 Å². The van der Waals surface area contributed by atoms with Crippen molar-refractivity contribution in [2.24, 2.45) is 0 Å². The molecule has 0 aromatic heterocycles. The van der Waals surface area contributed by atoms with E-state index in [1.807, 2.05) is 12.1 Å². The van der Waals surface area contributed by atoms with E-state index in [0.717, 1.165) is 30.5 Å². The SMILES string of the molecule is O=C(OC1=C2c3cc4c(cc3CCN3CCC[C@]23[C@H](O)C1=O)OCO4)c1ccccc1. The summed E-state index contributed by atoms with van der Waals surface area (Å²) in [6.45, 7) is 1.61. The highest BCUT2D eigenvalue weighted by Crippen LogP contribution is 2.54. The maximum absolute atomic E-state index is 13.3. The molecule has 1 aliphatic carbocycles. The quantitative estimate of drug-likeness (QED) is 0.748. The van der Waals surface area contributed by atoms with E-state index in [9.17, 15) is 14.7 Å². The summed E-state index contributed by atoms with van der Waals surface area (Å²) >= 11 is 0. The molecule has 0 radical (unpaired) electrons. The molecular weight excluding hydrogens is 398 g/mol. The van der Waals surface area contributed by atoms with E-state index in [4.69, 9.17) is 14.2 Å². The predicted octanol–water partition coefficient (Wildman–Crippen LogP) is 2.32. The van der Waals surface area contributed by atoms with Crippen LogP contribution in [0, 0.1) is 0 Å². The van der Waals surface area contributed by atoms with Crippen molar-refractivity contribution in [2.75, 3.05) is 19.9 Å². The first kappa shape index (κ1) is 18.6. The molecule has 31 heavy (non-hydrogen) atoms. The Bertz CT molecular complexity index is 1140. The zero-order chi connectivity index (χ0) is 21.2. The third-order valence-electron chi connectivity index (χ3n) is 6.86. The molecule has 1 spiro atoms. The second-order valence-electron chi connectivity index (χ2n) is 8.35. The van der Waals surface area contributed by atoms with Crippen LogP contribution in [-0.2, 0) is 16.0 Å². The van der Waals surface area contributed by atoms with Gasteiger partial charge >= 0.3 is 5.97 Å². The van der Waals surface area contributed by atoms with Gasteiger partial charge in [0.15, 0.2) is 17.3 Å². The van der Waals surface area contributed by atoms with Gasteiger partial charge < -0.3 is 19.3 Å². The highest BCUT2D eigenvalue weighted by atomic mass is 16.7. The Kier molecular flexibility index (Phi) is 4.00. The molecule has 0 saturated carbocycles. The van der Waals surface area contributed by atoms with E-state index in [0.29, 0.717) is 35.6 Å². The van der Waals surface area contributed by atoms with Gasteiger partial charge in [0.2, 0.25) is 12.6 Å². The van der Waals surface area contributed by atoms with Gasteiger partial charge in [0.05, 0.1) is 11.1 Å². The second-order valence-corrected chi connectivity index (χ2v) is 8.35. The zero-order valence-corrected chi connectivity index (χ0v) is 16.8. The Labute approximate surface area is 178 Å². The number of aliphatic hydroxyl groups is 1. The van der Waals surface area contributed by atoms with E-state index in [-0.39, 0.29) is 12.6 Å². The first-order valence-corrected chi connectivity index (χ1v) is 10.5. The lowest BCUT2D eigenvalue weighted by Crippen LogP contribution is -2.52. The fourth-order valence-electron chi connectivity index (χ4n) is 5.46. The van der Waals surface area contributed by atoms with Gasteiger partial charge in [-0.2, -0.15) is 0 Å². The Morgan fingerprint density at radius 1 is 1.13 bits per heavy atom. The molecular formula is C24H21NO6. The van der Waals surface area contributed by atoms with Crippen molar-refractivity contribution in [1.29, 1.82) is 0 Å². The van der Waals surface area contributed by atoms with Crippen molar-refractivity contribution >= 4 is 17.3 Å². The normalized spacial score (nSPS) is 26.4. The van der Waals surface area contributed by atoms with Crippen LogP contribution in [0.4, 0.5) is 0 Å². The summed E-state index contributed by atoms with van der Waals surface area (Å²) < 4.78 is 16.9. The van der Waals surface area contributed by atoms with Gasteiger partial charge in [-0.3, -0.25) is 9.69 Å². The van der Waals surface area contributed by atoms with Crippen molar-refractivity contribution < 1.29 is 28.9 Å². The van der Waals surface area contributed by atoms with Crippen LogP contribution >= 0.6 is 0 Å². The van der Waals surface area contributed by atoms with E-state index in [1.54, 1.807) is 30.3 Å². The summed E-state index contributed by atoms with van der Waals surface area (Å²) in [4.78, 5) is 28.3. The summed E-state index contributed by atoms with van der Waals surface area (Å²) in [6.07, 6.45) is 0.932. The molecule has 4 aliphatic rings. The van der Waals surface area contributed by atoms with Crippen LogP contribution in [0.15, 0.2) is 48.2 Å². The van der Waals surface area contributed by atoms with Crippen LogP contribution in [0.3, 0.4) is 0 Å². The van der Waals surface area contributed by atoms with Crippen molar-refractivity contribution in [3.05, 3.63) is 64.9 Å². The topological polar surface area (TPSA) is 85.3 Å². The number of benzene rings is 2. The molecule has 0 unspecified atom stereocenters. The summed E-state index contributed by atoms with van der Waals surface area (Å²) in [5.74, 6) is 0.0438. The summed E-state index contributed by atoms with van der Waals surface area (Å²) in [7, 11) is 0. The number of ketones is 1. The number of aliphatic hydroxyl groups excluding tert-OH is 1. The number of carbonyl (C=O) groups excluding carboxylic acids is 2. The Morgan fingerprint density at radius 3 is 2.71 bits per heavy atom. The number of carbonyl (C=O) groups is 2. The number of ether oxygens (including phenoxy) is 3. The number of fused-ring (bicyclic) bond motifs is 3. The number of Topliss-reactive ketones (excluding diaryl/α,β-unsaturated/α-hetero) is 1. The highest BCUT2D eigenvalue weighted by molar-refractivity contribution is 6.14. The number of nitrogens with zero attached hydrogens (tertiary/aromatic N) is 1. The molecule has 1 saturated heterocycles. The number of hydrogen-bond acceptors (Lipinski definition) is 7. The molecule has 6 rings (SSSR count). The van der Waals surface area contributed by atoms with E-state index >= 15 is 0 Å². The molecule has 1 N–H and O–H groups in total. The van der Waals surface area contributed by atoms with E-state index in [2.05, 4.69) is 4.90 Å². The largest absolute Gasteiger partial charge is 0.454 e. The van der Waals surface area contributed by atoms with Crippen LogP contribution in [0.5, 0.6) is 11.5 Å². The van der Waals surface area contributed by atoms with Crippen molar-refractivity contribution in [2.45, 2.75) is 30.9 Å². The molecule has 2 aromatic rings. The Morgan fingerprint density at radius 2 is 1.90 bits per heavy atom.